The minimum atomic E-state index is 0.0459. The first-order chi connectivity index (χ1) is 4.54. The van der Waals surface area contributed by atoms with Gasteiger partial charge in [-0.1, -0.05) is 20.4 Å². The Hall–Kier alpha value is -0.300. The molecular formula is C9H16O. The summed E-state index contributed by atoms with van der Waals surface area (Å²) in [6.07, 6.45) is 1.09. The maximum atomic E-state index is 5.26. The maximum absolute atomic E-state index is 5.26. The van der Waals surface area contributed by atoms with Crippen LogP contribution in [0.3, 0.4) is 0 Å². The highest BCUT2D eigenvalue weighted by Gasteiger charge is 2.41. The molecule has 58 valence electrons. The van der Waals surface area contributed by atoms with Crippen molar-refractivity contribution in [3.63, 3.8) is 0 Å². The summed E-state index contributed by atoms with van der Waals surface area (Å²) in [5.41, 5.74) is 1.30. The zero-order chi connectivity index (χ0) is 7.78. The van der Waals surface area contributed by atoms with Crippen molar-refractivity contribution in [2.45, 2.75) is 32.8 Å². The molecule has 0 aromatic heterocycles. The molecule has 1 saturated heterocycles. The van der Waals surface area contributed by atoms with Crippen LogP contribution >= 0.6 is 0 Å². The van der Waals surface area contributed by atoms with Crippen molar-refractivity contribution in [3.8, 4) is 0 Å². The second kappa shape index (κ2) is 2.39. The second-order valence-corrected chi connectivity index (χ2v) is 3.72. The molecule has 0 aromatic rings. The molecule has 0 saturated carbocycles. The molecule has 0 bridgehead atoms. The lowest BCUT2D eigenvalue weighted by molar-refractivity contribution is 0.347. The molecule has 1 aliphatic heterocycles. The summed E-state index contributed by atoms with van der Waals surface area (Å²) < 4.78 is 5.26. The van der Waals surface area contributed by atoms with E-state index in [2.05, 4.69) is 27.4 Å². The minimum Gasteiger partial charge on any atom is -0.365 e. The highest BCUT2D eigenvalue weighted by molar-refractivity contribution is 5.18. The van der Waals surface area contributed by atoms with E-state index in [0.717, 1.165) is 13.0 Å². The molecular weight excluding hydrogens is 124 g/mol. The van der Waals surface area contributed by atoms with Gasteiger partial charge in [-0.05, 0) is 24.8 Å². The van der Waals surface area contributed by atoms with E-state index in [1.807, 2.05) is 0 Å². The van der Waals surface area contributed by atoms with E-state index in [4.69, 9.17) is 4.74 Å². The van der Waals surface area contributed by atoms with Crippen molar-refractivity contribution in [1.82, 2.24) is 0 Å². The third-order valence-corrected chi connectivity index (χ3v) is 1.98. The fraction of sp³-hybridized carbons (Fsp3) is 0.778. The Morgan fingerprint density at radius 2 is 2.20 bits per heavy atom. The van der Waals surface area contributed by atoms with Crippen molar-refractivity contribution in [2.75, 3.05) is 6.61 Å². The zero-order valence-electron chi connectivity index (χ0n) is 7.11. The second-order valence-electron chi connectivity index (χ2n) is 3.72. The molecule has 0 spiro atoms. The summed E-state index contributed by atoms with van der Waals surface area (Å²) in [5.74, 6) is 0.702. The number of hydrogen-bond acceptors (Lipinski definition) is 1. The molecule has 0 N–H and O–H groups in total. The van der Waals surface area contributed by atoms with Gasteiger partial charge in [0, 0.05) is 0 Å². The summed E-state index contributed by atoms with van der Waals surface area (Å²) in [6.45, 7) is 11.4. The average Bonchev–Trinajstić information content (AvgIpc) is 2.47. The van der Waals surface area contributed by atoms with E-state index >= 15 is 0 Å². The molecule has 1 atom stereocenters. The molecule has 0 aromatic carbocycles. The van der Waals surface area contributed by atoms with E-state index in [-0.39, 0.29) is 5.60 Å². The third-order valence-electron chi connectivity index (χ3n) is 1.98. The van der Waals surface area contributed by atoms with E-state index in [9.17, 15) is 0 Å². The largest absolute Gasteiger partial charge is 0.365 e. The quantitative estimate of drug-likeness (QED) is 0.433. The fourth-order valence-electron chi connectivity index (χ4n) is 1.02. The molecule has 0 aliphatic carbocycles. The predicted octanol–water partition coefficient (Wildman–Crippen LogP) is 2.38. The van der Waals surface area contributed by atoms with Crippen molar-refractivity contribution in [1.29, 1.82) is 0 Å². The fourth-order valence-corrected chi connectivity index (χ4v) is 1.02. The van der Waals surface area contributed by atoms with Crippen LogP contribution in [-0.4, -0.2) is 12.2 Å². The van der Waals surface area contributed by atoms with Crippen LogP contribution in [-0.2, 0) is 4.74 Å². The third kappa shape index (κ3) is 1.60. The molecule has 0 amide bonds. The van der Waals surface area contributed by atoms with Crippen molar-refractivity contribution in [3.05, 3.63) is 12.2 Å². The van der Waals surface area contributed by atoms with Gasteiger partial charge in [0.25, 0.3) is 0 Å². The van der Waals surface area contributed by atoms with Crippen LogP contribution in [0.1, 0.15) is 27.2 Å². The standard InChI is InChI=1S/C9H16O/c1-7(2)5-8(3)9(4)6-10-9/h7H,3,5-6H2,1-2,4H3. The van der Waals surface area contributed by atoms with Crippen LogP contribution in [0.25, 0.3) is 0 Å². The van der Waals surface area contributed by atoms with Crippen LogP contribution in [0.2, 0.25) is 0 Å². The summed E-state index contributed by atoms with van der Waals surface area (Å²) in [4.78, 5) is 0. The Balaban J connectivity index is 2.35. The SMILES string of the molecule is C=C(CC(C)C)C1(C)CO1. The molecule has 0 radical (unpaired) electrons. The predicted molar refractivity (Wildman–Crippen MR) is 43.0 cm³/mol. The van der Waals surface area contributed by atoms with Gasteiger partial charge in [0.05, 0.1) is 6.61 Å². The van der Waals surface area contributed by atoms with Gasteiger partial charge in [0.15, 0.2) is 0 Å². The molecule has 1 nitrogen and oxygen atoms in total. The van der Waals surface area contributed by atoms with Gasteiger partial charge in [-0.25, -0.2) is 0 Å². The number of ether oxygens (including phenoxy) is 1. The average molecular weight is 140 g/mol. The van der Waals surface area contributed by atoms with Gasteiger partial charge in [-0.15, -0.1) is 0 Å². The molecule has 1 fully saturated rings. The smallest absolute Gasteiger partial charge is 0.109 e. The Bertz CT molecular complexity index is 143. The molecule has 1 aliphatic rings. The Morgan fingerprint density at radius 1 is 1.70 bits per heavy atom. The topological polar surface area (TPSA) is 12.5 Å². The van der Waals surface area contributed by atoms with Crippen LogP contribution < -0.4 is 0 Å². The summed E-state index contributed by atoms with van der Waals surface area (Å²) in [5, 5.41) is 0. The van der Waals surface area contributed by atoms with E-state index in [0.29, 0.717) is 5.92 Å². The normalized spacial score (nSPS) is 30.8. The van der Waals surface area contributed by atoms with Gasteiger partial charge < -0.3 is 4.74 Å². The van der Waals surface area contributed by atoms with Gasteiger partial charge in [0.2, 0.25) is 0 Å². The van der Waals surface area contributed by atoms with Gasteiger partial charge in [0.1, 0.15) is 5.60 Å². The number of rotatable bonds is 3. The molecule has 1 heteroatoms. The lowest BCUT2D eigenvalue weighted by Gasteiger charge is -2.11. The number of hydrogen-bond donors (Lipinski definition) is 0. The van der Waals surface area contributed by atoms with Crippen LogP contribution in [0.4, 0.5) is 0 Å². The summed E-state index contributed by atoms with van der Waals surface area (Å²) in [6, 6.07) is 0. The van der Waals surface area contributed by atoms with E-state index < -0.39 is 0 Å². The highest BCUT2D eigenvalue weighted by atomic mass is 16.6. The Labute approximate surface area is 63.1 Å². The first-order valence-electron chi connectivity index (χ1n) is 3.87. The van der Waals surface area contributed by atoms with Crippen LogP contribution in [0, 0.1) is 5.92 Å². The molecule has 1 unspecified atom stereocenters. The summed E-state index contributed by atoms with van der Waals surface area (Å²) in [7, 11) is 0. The van der Waals surface area contributed by atoms with Crippen molar-refractivity contribution >= 4 is 0 Å². The van der Waals surface area contributed by atoms with Crippen LogP contribution in [0.15, 0.2) is 12.2 Å². The number of epoxide rings is 1. The minimum absolute atomic E-state index is 0.0459. The van der Waals surface area contributed by atoms with Crippen molar-refractivity contribution < 1.29 is 4.74 Å². The van der Waals surface area contributed by atoms with Gasteiger partial charge in [-0.3, -0.25) is 0 Å². The first-order valence-corrected chi connectivity index (χ1v) is 3.87. The lowest BCUT2D eigenvalue weighted by Crippen LogP contribution is -2.09. The summed E-state index contributed by atoms with van der Waals surface area (Å²) >= 11 is 0. The van der Waals surface area contributed by atoms with E-state index in [1.165, 1.54) is 5.57 Å². The monoisotopic (exact) mass is 140 g/mol. The zero-order valence-corrected chi connectivity index (χ0v) is 7.11. The molecule has 1 heterocycles. The lowest BCUT2D eigenvalue weighted by atomic mass is 9.95. The van der Waals surface area contributed by atoms with Crippen molar-refractivity contribution in [2.24, 2.45) is 5.92 Å². The van der Waals surface area contributed by atoms with Crippen LogP contribution in [0.5, 0.6) is 0 Å². The van der Waals surface area contributed by atoms with Gasteiger partial charge in [-0.2, -0.15) is 0 Å². The molecule has 1 rings (SSSR count). The maximum Gasteiger partial charge on any atom is 0.109 e. The Kier molecular flexibility index (Phi) is 1.86. The molecule has 10 heavy (non-hydrogen) atoms. The Morgan fingerprint density at radius 3 is 2.50 bits per heavy atom. The van der Waals surface area contributed by atoms with E-state index in [1.54, 1.807) is 0 Å². The highest BCUT2D eigenvalue weighted by Crippen LogP contribution is 2.36. The van der Waals surface area contributed by atoms with Gasteiger partial charge >= 0.3 is 0 Å². The first kappa shape index (κ1) is 7.80.